The molecule has 0 aliphatic carbocycles. The topological polar surface area (TPSA) is 132 Å². The minimum Gasteiger partial charge on any atom is -0.491 e. The Bertz CT molecular complexity index is 1460. The SMILES string of the molecule is COC(=O)[C@H](Cn1c(=O)n(N)/c(=N\c2ccc(OC(C)C)c(C)c2)n(Cc2ccc(Cl)cc2)c1=O)OC. The first kappa shape index (κ1) is 27.8. The molecular formula is C25H30ClN5O6. The molecule has 0 aliphatic rings. The van der Waals surface area contributed by atoms with Crippen LogP contribution in [-0.4, -0.2) is 46.2 Å². The second-order valence-electron chi connectivity index (χ2n) is 8.53. The molecule has 3 rings (SSSR count). The molecule has 0 aliphatic heterocycles. The number of methoxy groups -OCH3 is 2. The zero-order chi connectivity index (χ0) is 27.3. The Morgan fingerprint density at radius 3 is 2.30 bits per heavy atom. The van der Waals surface area contributed by atoms with Gasteiger partial charge in [0.25, 0.3) is 0 Å². The third-order valence-electron chi connectivity index (χ3n) is 5.46. The van der Waals surface area contributed by atoms with Gasteiger partial charge >= 0.3 is 17.3 Å². The van der Waals surface area contributed by atoms with Crippen LogP contribution in [0.15, 0.2) is 57.0 Å². The molecule has 0 amide bonds. The maximum Gasteiger partial charge on any atom is 0.353 e. The van der Waals surface area contributed by atoms with E-state index in [0.29, 0.717) is 22.0 Å². The number of nitrogens with zero attached hydrogens (tertiary/aromatic N) is 4. The van der Waals surface area contributed by atoms with Crippen LogP contribution in [0.4, 0.5) is 5.69 Å². The molecule has 3 aromatic rings. The molecule has 11 nitrogen and oxygen atoms in total. The first-order valence-corrected chi connectivity index (χ1v) is 11.8. The van der Waals surface area contributed by atoms with Crippen LogP contribution in [0.1, 0.15) is 25.0 Å². The average Bonchev–Trinajstić information content (AvgIpc) is 2.87. The molecule has 1 heterocycles. The van der Waals surface area contributed by atoms with Gasteiger partial charge < -0.3 is 20.1 Å². The summed E-state index contributed by atoms with van der Waals surface area (Å²) >= 11 is 6.01. The van der Waals surface area contributed by atoms with Gasteiger partial charge in [0.05, 0.1) is 32.0 Å². The zero-order valence-corrected chi connectivity index (χ0v) is 22.1. The van der Waals surface area contributed by atoms with E-state index in [-0.39, 0.29) is 18.3 Å². The van der Waals surface area contributed by atoms with Crippen LogP contribution in [0, 0.1) is 6.92 Å². The van der Waals surface area contributed by atoms with Crippen LogP contribution in [-0.2, 0) is 27.4 Å². The highest BCUT2D eigenvalue weighted by atomic mass is 35.5. The summed E-state index contributed by atoms with van der Waals surface area (Å²) in [6, 6.07) is 12.1. The van der Waals surface area contributed by atoms with Crippen molar-refractivity contribution in [2.24, 2.45) is 4.99 Å². The lowest BCUT2D eigenvalue weighted by Crippen LogP contribution is -2.58. The molecule has 0 radical (unpaired) electrons. The molecule has 0 unspecified atom stereocenters. The van der Waals surface area contributed by atoms with E-state index in [1.807, 2.05) is 20.8 Å². The van der Waals surface area contributed by atoms with E-state index in [9.17, 15) is 14.4 Å². The van der Waals surface area contributed by atoms with Crippen molar-refractivity contribution in [3.8, 4) is 5.75 Å². The number of aryl methyl sites for hydroxylation is 1. The molecule has 1 aromatic heterocycles. The van der Waals surface area contributed by atoms with Crippen LogP contribution in [0.3, 0.4) is 0 Å². The summed E-state index contributed by atoms with van der Waals surface area (Å²) in [7, 11) is 2.45. The predicted molar refractivity (Wildman–Crippen MR) is 139 cm³/mol. The molecule has 1 atom stereocenters. The molecule has 0 spiro atoms. The Hall–Kier alpha value is -3.83. The van der Waals surface area contributed by atoms with E-state index >= 15 is 0 Å². The molecule has 37 heavy (non-hydrogen) atoms. The summed E-state index contributed by atoms with van der Waals surface area (Å²) in [6.07, 6.45) is -1.20. The molecule has 0 saturated heterocycles. The summed E-state index contributed by atoms with van der Waals surface area (Å²) in [4.78, 5) is 43.3. The number of ether oxygens (including phenoxy) is 3. The van der Waals surface area contributed by atoms with Gasteiger partial charge in [-0.15, -0.1) is 0 Å². The van der Waals surface area contributed by atoms with E-state index in [1.165, 1.54) is 18.8 Å². The molecule has 0 fully saturated rings. The van der Waals surface area contributed by atoms with E-state index in [2.05, 4.69) is 4.99 Å². The molecule has 12 heteroatoms. The highest BCUT2D eigenvalue weighted by Crippen LogP contribution is 2.24. The van der Waals surface area contributed by atoms with Crippen LogP contribution in [0.25, 0.3) is 0 Å². The fourth-order valence-electron chi connectivity index (χ4n) is 3.59. The van der Waals surface area contributed by atoms with E-state index in [4.69, 9.17) is 31.7 Å². The largest absolute Gasteiger partial charge is 0.491 e. The molecule has 2 aromatic carbocycles. The lowest BCUT2D eigenvalue weighted by atomic mass is 10.2. The molecule has 2 N–H and O–H groups in total. The lowest BCUT2D eigenvalue weighted by Gasteiger charge is -2.17. The number of rotatable bonds is 9. The van der Waals surface area contributed by atoms with Crippen LogP contribution >= 0.6 is 11.6 Å². The predicted octanol–water partition coefficient (Wildman–Crippen LogP) is 1.74. The van der Waals surface area contributed by atoms with Gasteiger partial charge in [-0.3, -0.25) is 4.57 Å². The fraction of sp³-hybridized carbons (Fsp3) is 0.360. The van der Waals surface area contributed by atoms with E-state index in [0.717, 1.165) is 14.8 Å². The Morgan fingerprint density at radius 1 is 1.05 bits per heavy atom. The van der Waals surface area contributed by atoms with Crippen molar-refractivity contribution in [3.63, 3.8) is 0 Å². The van der Waals surface area contributed by atoms with Gasteiger partial charge in [0.2, 0.25) is 5.62 Å². The number of aromatic nitrogens is 3. The third-order valence-corrected chi connectivity index (χ3v) is 5.71. The van der Waals surface area contributed by atoms with Gasteiger partial charge in [0.1, 0.15) is 5.75 Å². The maximum absolute atomic E-state index is 13.6. The maximum atomic E-state index is 13.6. The number of carbonyl (C=O) groups is 1. The van der Waals surface area contributed by atoms with Gasteiger partial charge in [-0.1, -0.05) is 23.7 Å². The highest BCUT2D eigenvalue weighted by Gasteiger charge is 2.23. The van der Waals surface area contributed by atoms with Crippen molar-refractivity contribution in [1.82, 2.24) is 13.8 Å². The first-order valence-electron chi connectivity index (χ1n) is 11.4. The van der Waals surface area contributed by atoms with Crippen molar-refractivity contribution in [2.45, 2.75) is 46.1 Å². The molecule has 0 bridgehead atoms. The van der Waals surface area contributed by atoms with Crippen molar-refractivity contribution in [3.05, 3.63) is 85.2 Å². The highest BCUT2D eigenvalue weighted by molar-refractivity contribution is 6.30. The Labute approximate surface area is 218 Å². The molecule has 0 saturated carbocycles. The fourth-order valence-corrected chi connectivity index (χ4v) is 3.71. The monoisotopic (exact) mass is 531 g/mol. The van der Waals surface area contributed by atoms with Crippen molar-refractivity contribution >= 4 is 23.3 Å². The van der Waals surface area contributed by atoms with E-state index in [1.54, 1.807) is 42.5 Å². The second kappa shape index (κ2) is 11.9. The van der Waals surface area contributed by atoms with Crippen LogP contribution in [0.2, 0.25) is 5.02 Å². The quantitative estimate of drug-likeness (QED) is 0.328. The number of hydrogen-bond acceptors (Lipinski definition) is 8. The standard InChI is InChI=1S/C25H30ClN5O6/c1-15(2)37-20-11-10-19(12-16(20)3)28-23-29(13-17-6-8-18(26)9-7-17)24(33)30(25(34)31(23)27)14-21(35-4)22(32)36-5/h6-12,15,21H,13-14,27H2,1-5H3/b28-23-/t21-/m0/s1. The number of esters is 1. The van der Waals surface area contributed by atoms with Gasteiger partial charge in [0, 0.05) is 12.1 Å². The first-order chi connectivity index (χ1) is 17.5. The number of carbonyl (C=O) groups excluding carboxylic acids is 1. The smallest absolute Gasteiger partial charge is 0.353 e. The zero-order valence-electron chi connectivity index (χ0n) is 21.3. The lowest BCUT2D eigenvalue weighted by molar-refractivity contribution is -0.153. The van der Waals surface area contributed by atoms with Gasteiger partial charge in [0.15, 0.2) is 6.10 Å². The number of hydrogen-bond donors (Lipinski definition) is 1. The second-order valence-corrected chi connectivity index (χ2v) is 8.97. The molecular weight excluding hydrogens is 502 g/mol. The van der Waals surface area contributed by atoms with Crippen molar-refractivity contribution in [1.29, 1.82) is 0 Å². The number of nitrogens with two attached hydrogens (primary N) is 1. The minimum atomic E-state index is -1.20. The van der Waals surface area contributed by atoms with Crippen molar-refractivity contribution in [2.75, 3.05) is 20.1 Å². The van der Waals surface area contributed by atoms with Crippen molar-refractivity contribution < 1.29 is 19.0 Å². The summed E-state index contributed by atoms with van der Waals surface area (Å²) in [6.45, 7) is 5.33. The van der Waals surface area contributed by atoms with E-state index < -0.39 is 30.0 Å². The Balaban J connectivity index is 2.23. The minimum absolute atomic E-state index is 0.00856. The van der Waals surface area contributed by atoms with Crippen LogP contribution in [0.5, 0.6) is 5.75 Å². The summed E-state index contributed by atoms with van der Waals surface area (Å²) < 4.78 is 18.4. The Morgan fingerprint density at radius 2 is 1.73 bits per heavy atom. The van der Waals surface area contributed by atoms with Gasteiger partial charge in [-0.2, -0.15) is 4.68 Å². The molecule has 198 valence electrons. The van der Waals surface area contributed by atoms with Gasteiger partial charge in [-0.05, 0) is 62.2 Å². The third kappa shape index (κ3) is 6.49. The van der Waals surface area contributed by atoms with Crippen LogP contribution < -0.4 is 27.6 Å². The van der Waals surface area contributed by atoms with Gasteiger partial charge in [-0.25, -0.2) is 23.9 Å². The number of benzene rings is 2. The normalized spacial score (nSPS) is 12.6. The number of halogens is 1. The Kier molecular flexibility index (Phi) is 8.95. The summed E-state index contributed by atoms with van der Waals surface area (Å²) in [5.74, 6) is 6.12. The average molecular weight is 532 g/mol. The summed E-state index contributed by atoms with van der Waals surface area (Å²) in [5.41, 5.74) is 0.283. The number of nitrogen functional groups attached to an aromatic ring is 1. The summed E-state index contributed by atoms with van der Waals surface area (Å²) in [5, 5.41) is 0.528.